The molecule has 0 aliphatic heterocycles. The number of benzene rings is 2. The highest BCUT2D eigenvalue weighted by molar-refractivity contribution is 5.93. The molecule has 1 amide bonds. The number of nitrogens with one attached hydrogen (secondary N) is 1. The van der Waals surface area contributed by atoms with E-state index in [-0.39, 0.29) is 24.0 Å². The lowest BCUT2D eigenvalue weighted by Crippen LogP contribution is -2.24. The number of carbonyl (C=O) groups is 1. The highest BCUT2D eigenvalue weighted by atomic mass is 19.1. The van der Waals surface area contributed by atoms with Gasteiger partial charge in [-0.15, -0.1) is 5.10 Å². The average molecular weight is 433 g/mol. The van der Waals surface area contributed by atoms with E-state index >= 15 is 0 Å². The van der Waals surface area contributed by atoms with Crippen LogP contribution in [0.4, 0.5) is 4.39 Å². The molecule has 4 aromatic rings. The average Bonchev–Trinajstić information content (AvgIpc) is 3.20. The summed E-state index contributed by atoms with van der Waals surface area (Å²) < 4.78 is 25.5. The van der Waals surface area contributed by atoms with Crippen LogP contribution in [0.1, 0.15) is 21.7 Å². The molecule has 0 saturated carbocycles. The van der Waals surface area contributed by atoms with E-state index in [0.29, 0.717) is 23.1 Å². The van der Waals surface area contributed by atoms with Crippen LogP contribution in [0, 0.1) is 12.7 Å². The predicted octanol–water partition coefficient (Wildman–Crippen LogP) is 3.84. The zero-order chi connectivity index (χ0) is 22.5. The molecular formula is C23H20FN5O3. The van der Waals surface area contributed by atoms with E-state index in [1.165, 1.54) is 24.3 Å². The number of hydrogen-bond donors (Lipinski definition) is 1. The van der Waals surface area contributed by atoms with E-state index in [2.05, 4.69) is 20.6 Å². The molecule has 0 spiro atoms. The summed E-state index contributed by atoms with van der Waals surface area (Å²) >= 11 is 0. The summed E-state index contributed by atoms with van der Waals surface area (Å²) in [5, 5.41) is 11.0. The van der Waals surface area contributed by atoms with Gasteiger partial charge in [-0.1, -0.05) is 11.3 Å². The summed E-state index contributed by atoms with van der Waals surface area (Å²) in [6, 6.07) is 16.4. The number of amides is 1. The highest BCUT2D eigenvalue weighted by Crippen LogP contribution is 2.21. The van der Waals surface area contributed by atoms with Crippen molar-refractivity contribution in [1.82, 2.24) is 25.3 Å². The maximum Gasteiger partial charge on any atom is 0.274 e. The Morgan fingerprint density at radius 1 is 1.09 bits per heavy atom. The third kappa shape index (κ3) is 4.72. The van der Waals surface area contributed by atoms with Crippen LogP contribution in [-0.2, 0) is 6.54 Å². The van der Waals surface area contributed by atoms with Crippen molar-refractivity contribution in [2.45, 2.75) is 13.5 Å². The molecule has 0 aliphatic rings. The number of ether oxygens (including phenoxy) is 2. The Morgan fingerprint density at radius 2 is 1.91 bits per heavy atom. The van der Waals surface area contributed by atoms with E-state index in [1.54, 1.807) is 37.0 Å². The second-order valence-corrected chi connectivity index (χ2v) is 6.88. The van der Waals surface area contributed by atoms with Gasteiger partial charge in [-0.2, -0.15) is 0 Å². The number of pyridine rings is 1. The van der Waals surface area contributed by atoms with E-state index in [9.17, 15) is 9.18 Å². The summed E-state index contributed by atoms with van der Waals surface area (Å²) in [6.45, 7) is 2.02. The van der Waals surface area contributed by atoms with Gasteiger partial charge in [-0.25, -0.2) is 14.1 Å². The monoisotopic (exact) mass is 433 g/mol. The first kappa shape index (κ1) is 21.0. The number of halogens is 1. The SMILES string of the molecule is COc1cccc(-n2nnc(C(=O)NCc3ccnc(Oc4ccc(F)cc4)c3)c2C)c1. The lowest BCUT2D eigenvalue weighted by Gasteiger charge is -2.08. The Bertz CT molecular complexity index is 1240. The Labute approximate surface area is 183 Å². The molecule has 0 radical (unpaired) electrons. The Kier molecular flexibility index (Phi) is 6.07. The van der Waals surface area contributed by atoms with E-state index in [0.717, 1.165) is 11.3 Å². The maximum absolute atomic E-state index is 13.0. The summed E-state index contributed by atoms with van der Waals surface area (Å²) in [5.41, 5.74) is 2.35. The van der Waals surface area contributed by atoms with E-state index in [1.807, 2.05) is 24.3 Å². The van der Waals surface area contributed by atoms with Crippen molar-refractivity contribution in [2.24, 2.45) is 0 Å². The first-order valence-electron chi connectivity index (χ1n) is 9.77. The van der Waals surface area contributed by atoms with Crippen molar-refractivity contribution in [2.75, 3.05) is 7.11 Å². The van der Waals surface area contributed by atoms with E-state index < -0.39 is 0 Å². The number of aromatic nitrogens is 4. The second-order valence-electron chi connectivity index (χ2n) is 6.88. The van der Waals surface area contributed by atoms with Gasteiger partial charge >= 0.3 is 0 Å². The minimum absolute atomic E-state index is 0.227. The van der Waals surface area contributed by atoms with Gasteiger partial charge in [-0.05, 0) is 55.0 Å². The highest BCUT2D eigenvalue weighted by Gasteiger charge is 2.17. The van der Waals surface area contributed by atoms with Gasteiger partial charge < -0.3 is 14.8 Å². The van der Waals surface area contributed by atoms with Crippen LogP contribution < -0.4 is 14.8 Å². The van der Waals surface area contributed by atoms with Crippen molar-refractivity contribution < 1.29 is 18.7 Å². The van der Waals surface area contributed by atoms with Crippen molar-refractivity contribution in [3.05, 3.63) is 89.6 Å². The molecule has 4 rings (SSSR count). The fraction of sp³-hybridized carbons (Fsp3) is 0.130. The minimum atomic E-state index is -0.352. The smallest absolute Gasteiger partial charge is 0.274 e. The fourth-order valence-corrected chi connectivity index (χ4v) is 3.03. The van der Waals surface area contributed by atoms with E-state index in [4.69, 9.17) is 9.47 Å². The van der Waals surface area contributed by atoms with Gasteiger partial charge in [0.1, 0.15) is 17.3 Å². The molecule has 0 fully saturated rings. The van der Waals surface area contributed by atoms with Gasteiger partial charge in [0.05, 0.1) is 18.5 Å². The largest absolute Gasteiger partial charge is 0.497 e. The lowest BCUT2D eigenvalue weighted by atomic mass is 10.2. The number of rotatable bonds is 7. The minimum Gasteiger partial charge on any atom is -0.497 e. The van der Waals surface area contributed by atoms with Crippen LogP contribution in [0.3, 0.4) is 0 Å². The van der Waals surface area contributed by atoms with Gasteiger partial charge in [-0.3, -0.25) is 4.79 Å². The number of carbonyl (C=O) groups excluding carboxylic acids is 1. The topological polar surface area (TPSA) is 91.2 Å². The molecule has 2 aromatic carbocycles. The predicted molar refractivity (Wildman–Crippen MR) is 115 cm³/mol. The van der Waals surface area contributed by atoms with Crippen LogP contribution in [0.2, 0.25) is 0 Å². The molecule has 162 valence electrons. The Hall–Kier alpha value is -4.27. The van der Waals surface area contributed by atoms with Crippen LogP contribution in [0.25, 0.3) is 5.69 Å². The summed E-state index contributed by atoms with van der Waals surface area (Å²) in [7, 11) is 1.58. The van der Waals surface area contributed by atoms with Crippen molar-refractivity contribution in [3.63, 3.8) is 0 Å². The van der Waals surface area contributed by atoms with Crippen LogP contribution >= 0.6 is 0 Å². The molecule has 0 atom stereocenters. The molecule has 32 heavy (non-hydrogen) atoms. The molecule has 0 bridgehead atoms. The third-order valence-electron chi connectivity index (χ3n) is 4.70. The second kappa shape index (κ2) is 9.25. The van der Waals surface area contributed by atoms with Crippen molar-refractivity contribution >= 4 is 5.91 Å². The molecule has 9 heteroatoms. The number of hydrogen-bond acceptors (Lipinski definition) is 6. The van der Waals surface area contributed by atoms with Crippen molar-refractivity contribution in [1.29, 1.82) is 0 Å². The Balaban J connectivity index is 1.43. The van der Waals surface area contributed by atoms with Crippen molar-refractivity contribution in [3.8, 4) is 23.1 Å². The molecule has 0 saturated heterocycles. The van der Waals surface area contributed by atoms with Crippen LogP contribution in [0.15, 0.2) is 66.9 Å². The molecule has 1 N–H and O–H groups in total. The third-order valence-corrected chi connectivity index (χ3v) is 4.70. The van der Waals surface area contributed by atoms with Gasteiger partial charge in [0.25, 0.3) is 5.91 Å². The first-order valence-corrected chi connectivity index (χ1v) is 9.77. The van der Waals surface area contributed by atoms with Gasteiger partial charge in [0.2, 0.25) is 5.88 Å². The number of nitrogens with zero attached hydrogens (tertiary/aromatic N) is 4. The summed E-state index contributed by atoms with van der Waals surface area (Å²) in [6.07, 6.45) is 1.57. The molecule has 0 aliphatic carbocycles. The quantitative estimate of drug-likeness (QED) is 0.476. The fourth-order valence-electron chi connectivity index (χ4n) is 3.03. The Morgan fingerprint density at radius 3 is 2.69 bits per heavy atom. The number of methoxy groups -OCH3 is 1. The summed E-state index contributed by atoms with van der Waals surface area (Å²) in [4.78, 5) is 16.8. The lowest BCUT2D eigenvalue weighted by molar-refractivity contribution is 0.0945. The zero-order valence-corrected chi connectivity index (χ0v) is 17.4. The van der Waals surface area contributed by atoms with Gasteiger partial charge in [0.15, 0.2) is 5.69 Å². The molecule has 8 nitrogen and oxygen atoms in total. The molecule has 2 heterocycles. The standard InChI is InChI=1S/C23H20FN5O3/c1-15-22(27-28-29(15)18-4-3-5-20(13-18)31-2)23(30)26-14-16-10-11-25-21(12-16)32-19-8-6-17(24)7-9-19/h3-13H,14H2,1-2H3,(H,26,30). The molecular weight excluding hydrogens is 413 g/mol. The zero-order valence-electron chi connectivity index (χ0n) is 17.4. The first-order chi connectivity index (χ1) is 15.5. The van der Waals surface area contributed by atoms with Crippen LogP contribution in [-0.4, -0.2) is 33.0 Å². The molecule has 2 aromatic heterocycles. The molecule has 0 unspecified atom stereocenters. The normalized spacial score (nSPS) is 10.6. The summed E-state index contributed by atoms with van der Waals surface area (Å²) in [5.74, 6) is 0.781. The van der Waals surface area contributed by atoms with Gasteiger partial charge in [0, 0.05) is 24.9 Å². The van der Waals surface area contributed by atoms with Crippen LogP contribution in [0.5, 0.6) is 17.4 Å². The maximum atomic E-state index is 13.0.